The Morgan fingerprint density at radius 1 is 1.44 bits per heavy atom. The lowest BCUT2D eigenvalue weighted by atomic mass is 10.2. The van der Waals surface area contributed by atoms with Gasteiger partial charge in [-0.2, -0.15) is 0 Å². The van der Waals surface area contributed by atoms with Crippen molar-refractivity contribution in [3.05, 3.63) is 40.3 Å². The van der Waals surface area contributed by atoms with Gasteiger partial charge in [-0.05, 0) is 24.3 Å². The molecule has 1 atom stereocenters. The van der Waals surface area contributed by atoms with Crippen LogP contribution in [0.3, 0.4) is 0 Å². The highest BCUT2D eigenvalue weighted by atomic mass is 35.5. The van der Waals surface area contributed by atoms with Crippen LogP contribution in [0.15, 0.2) is 29.7 Å². The standard InChI is InChI=1S/C11H10ClNO4S/c12-7-1-2-9(10(14)5-7)11(15)13-8-3-4-18(16,17)6-8/h1-5,8,14H,6H2,(H,13,15). The number of phenols is 1. The Labute approximate surface area is 109 Å². The summed E-state index contributed by atoms with van der Waals surface area (Å²) in [5.41, 5.74) is 0.0529. The van der Waals surface area contributed by atoms with E-state index in [0.717, 1.165) is 5.41 Å². The summed E-state index contributed by atoms with van der Waals surface area (Å²) < 4.78 is 22.3. The maximum Gasteiger partial charge on any atom is 0.255 e. The van der Waals surface area contributed by atoms with Crippen LogP contribution in [0.5, 0.6) is 5.75 Å². The largest absolute Gasteiger partial charge is 0.507 e. The van der Waals surface area contributed by atoms with E-state index in [0.29, 0.717) is 5.02 Å². The van der Waals surface area contributed by atoms with Crippen molar-refractivity contribution < 1.29 is 18.3 Å². The lowest BCUT2D eigenvalue weighted by Crippen LogP contribution is -2.35. The van der Waals surface area contributed by atoms with Gasteiger partial charge in [0.1, 0.15) is 5.75 Å². The molecule has 0 aliphatic carbocycles. The molecule has 96 valence electrons. The SMILES string of the molecule is O=C(NC1C=CS(=O)(=O)C1)c1ccc(Cl)cc1O. The van der Waals surface area contributed by atoms with Gasteiger partial charge in [0.15, 0.2) is 9.84 Å². The molecule has 1 unspecified atom stereocenters. The first-order chi connectivity index (χ1) is 8.37. The molecule has 1 amide bonds. The number of aromatic hydroxyl groups is 1. The van der Waals surface area contributed by atoms with Gasteiger partial charge in [0.25, 0.3) is 5.91 Å². The van der Waals surface area contributed by atoms with E-state index < -0.39 is 21.8 Å². The lowest BCUT2D eigenvalue weighted by Gasteiger charge is -2.10. The Morgan fingerprint density at radius 2 is 2.17 bits per heavy atom. The average molecular weight is 288 g/mol. The second-order valence-corrected chi connectivity index (χ2v) is 6.27. The molecule has 5 nitrogen and oxygen atoms in total. The molecular weight excluding hydrogens is 278 g/mol. The third kappa shape index (κ3) is 2.83. The first kappa shape index (κ1) is 12.9. The van der Waals surface area contributed by atoms with Gasteiger partial charge < -0.3 is 10.4 Å². The molecule has 0 bridgehead atoms. The molecule has 1 aromatic carbocycles. The highest BCUT2D eigenvalue weighted by Crippen LogP contribution is 2.22. The van der Waals surface area contributed by atoms with Crippen molar-refractivity contribution in [2.24, 2.45) is 0 Å². The number of nitrogens with one attached hydrogen (secondary N) is 1. The van der Waals surface area contributed by atoms with Gasteiger partial charge in [0.05, 0.1) is 17.4 Å². The number of phenolic OH excluding ortho intramolecular Hbond substituents is 1. The minimum atomic E-state index is -3.22. The third-order valence-corrected chi connectivity index (χ3v) is 4.08. The molecule has 2 rings (SSSR count). The van der Waals surface area contributed by atoms with Gasteiger partial charge >= 0.3 is 0 Å². The lowest BCUT2D eigenvalue weighted by molar-refractivity contribution is 0.0945. The fourth-order valence-corrected chi connectivity index (χ4v) is 3.01. The molecule has 0 aromatic heterocycles. The van der Waals surface area contributed by atoms with Crippen LogP contribution in [-0.2, 0) is 9.84 Å². The van der Waals surface area contributed by atoms with Gasteiger partial charge in [-0.25, -0.2) is 8.42 Å². The Balaban J connectivity index is 2.12. The first-order valence-electron chi connectivity index (χ1n) is 5.08. The topological polar surface area (TPSA) is 83.5 Å². The monoisotopic (exact) mass is 287 g/mol. The second kappa shape index (κ2) is 4.62. The predicted molar refractivity (Wildman–Crippen MR) is 67.3 cm³/mol. The summed E-state index contributed by atoms with van der Waals surface area (Å²) in [5.74, 6) is -0.951. The van der Waals surface area contributed by atoms with Crippen LogP contribution in [0.4, 0.5) is 0 Å². The quantitative estimate of drug-likeness (QED) is 0.853. The zero-order valence-electron chi connectivity index (χ0n) is 9.13. The number of carbonyl (C=O) groups is 1. The molecule has 0 radical (unpaired) electrons. The number of amides is 1. The molecule has 0 fully saturated rings. The summed E-state index contributed by atoms with van der Waals surface area (Å²) in [6.45, 7) is 0. The van der Waals surface area contributed by atoms with E-state index in [1.54, 1.807) is 0 Å². The Kier molecular flexibility index (Phi) is 3.32. The maximum atomic E-state index is 11.8. The molecule has 2 N–H and O–H groups in total. The van der Waals surface area contributed by atoms with Gasteiger partial charge in [0.2, 0.25) is 0 Å². The maximum absolute atomic E-state index is 11.8. The summed E-state index contributed by atoms with van der Waals surface area (Å²) in [6.07, 6.45) is 1.40. The van der Waals surface area contributed by atoms with Crippen LogP contribution < -0.4 is 5.32 Å². The smallest absolute Gasteiger partial charge is 0.255 e. The number of hydrogen-bond donors (Lipinski definition) is 2. The number of halogens is 1. The first-order valence-corrected chi connectivity index (χ1v) is 7.17. The highest BCUT2D eigenvalue weighted by molar-refractivity contribution is 7.94. The Morgan fingerprint density at radius 3 is 2.72 bits per heavy atom. The third-order valence-electron chi connectivity index (χ3n) is 2.45. The summed E-state index contributed by atoms with van der Waals surface area (Å²) in [5, 5.41) is 13.4. The number of hydrogen-bond acceptors (Lipinski definition) is 4. The van der Waals surface area contributed by atoms with Gasteiger partial charge in [-0.1, -0.05) is 11.6 Å². The van der Waals surface area contributed by atoms with Gasteiger partial charge in [-0.3, -0.25) is 4.79 Å². The van der Waals surface area contributed by atoms with Crippen LogP contribution in [0.2, 0.25) is 5.02 Å². The Bertz CT molecular complexity index is 624. The molecule has 7 heteroatoms. The number of rotatable bonds is 2. The fourth-order valence-electron chi connectivity index (χ4n) is 1.61. The van der Waals surface area contributed by atoms with Crippen molar-refractivity contribution in [1.29, 1.82) is 0 Å². The van der Waals surface area contributed by atoms with Crippen LogP contribution in [-0.4, -0.2) is 31.2 Å². The van der Waals surface area contributed by atoms with Crippen LogP contribution >= 0.6 is 11.6 Å². The van der Waals surface area contributed by atoms with Crippen LogP contribution in [0.25, 0.3) is 0 Å². The zero-order valence-corrected chi connectivity index (χ0v) is 10.7. The van der Waals surface area contributed by atoms with Crippen molar-refractivity contribution in [2.45, 2.75) is 6.04 Å². The minimum Gasteiger partial charge on any atom is -0.507 e. The van der Waals surface area contributed by atoms with Crippen molar-refractivity contribution in [3.8, 4) is 5.75 Å². The predicted octanol–water partition coefficient (Wildman–Crippen LogP) is 1.09. The van der Waals surface area contributed by atoms with E-state index in [-0.39, 0.29) is 17.1 Å². The van der Waals surface area contributed by atoms with Gasteiger partial charge in [-0.15, -0.1) is 0 Å². The van der Waals surface area contributed by atoms with E-state index in [1.807, 2.05) is 0 Å². The summed E-state index contributed by atoms with van der Waals surface area (Å²) in [7, 11) is -3.22. The van der Waals surface area contributed by atoms with Crippen molar-refractivity contribution in [3.63, 3.8) is 0 Å². The van der Waals surface area contributed by atoms with Gasteiger partial charge in [0, 0.05) is 10.4 Å². The summed E-state index contributed by atoms with van der Waals surface area (Å²) >= 11 is 5.65. The van der Waals surface area contributed by atoms with Crippen molar-refractivity contribution >= 4 is 27.3 Å². The molecule has 1 heterocycles. The Hall–Kier alpha value is -1.53. The van der Waals surface area contributed by atoms with Crippen LogP contribution in [0.1, 0.15) is 10.4 Å². The molecule has 0 spiro atoms. The summed E-state index contributed by atoms with van der Waals surface area (Å²) in [6, 6.07) is 3.52. The average Bonchev–Trinajstić information content (AvgIpc) is 2.57. The van der Waals surface area contributed by atoms with Crippen LogP contribution in [0, 0.1) is 0 Å². The summed E-state index contributed by atoms with van der Waals surface area (Å²) in [4.78, 5) is 11.8. The highest BCUT2D eigenvalue weighted by Gasteiger charge is 2.24. The van der Waals surface area contributed by atoms with Crippen molar-refractivity contribution in [2.75, 3.05) is 5.75 Å². The number of carbonyl (C=O) groups excluding carboxylic acids is 1. The molecule has 0 saturated carbocycles. The number of sulfone groups is 1. The van der Waals surface area contributed by atoms with E-state index in [1.165, 1.54) is 24.3 Å². The van der Waals surface area contributed by atoms with Crippen molar-refractivity contribution in [1.82, 2.24) is 5.32 Å². The minimum absolute atomic E-state index is 0.0529. The van der Waals surface area contributed by atoms with E-state index in [2.05, 4.69) is 5.32 Å². The van der Waals surface area contributed by atoms with E-state index >= 15 is 0 Å². The second-order valence-electron chi connectivity index (χ2n) is 3.90. The molecule has 1 aliphatic rings. The molecule has 18 heavy (non-hydrogen) atoms. The number of benzene rings is 1. The fraction of sp³-hybridized carbons (Fsp3) is 0.182. The molecule has 1 aliphatic heterocycles. The zero-order chi connectivity index (χ0) is 13.3. The van der Waals surface area contributed by atoms with E-state index in [4.69, 9.17) is 11.6 Å². The normalized spacial score (nSPS) is 20.8. The molecule has 0 saturated heterocycles. The van der Waals surface area contributed by atoms with E-state index in [9.17, 15) is 18.3 Å². The molecular formula is C11H10ClNO4S. The molecule has 1 aromatic rings.